The van der Waals surface area contributed by atoms with Gasteiger partial charge in [-0.25, -0.2) is 22.8 Å². The largest absolute Gasteiger partial charge is 0.326 e. The number of carbonyl (C=O) groups excluding carboxylic acids is 1. The Labute approximate surface area is 157 Å². The average molecular weight is 385 g/mol. The maximum atomic E-state index is 12.6. The first-order valence-corrected chi connectivity index (χ1v) is 9.68. The standard InChI is InChI=1S/C18H19N5O3S/c1-13(15-3-7-17(8-4-15)23-12-19-11-20-23)22-27(25,26)18-9-5-16(6-10-18)21-14(2)24/h3-13,22H,1-2H3,(H,21,24). The minimum Gasteiger partial charge on any atom is -0.326 e. The van der Waals surface area contributed by atoms with Crippen LogP contribution in [0.25, 0.3) is 5.69 Å². The highest BCUT2D eigenvalue weighted by atomic mass is 32.2. The van der Waals surface area contributed by atoms with E-state index in [1.54, 1.807) is 30.1 Å². The van der Waals surface area contributed by atoms with Crippen LogP contribution < -0.4 is 10.0 Å². The molecule has 0 bridgehead atoms. The highest BCUT2D eigenvalue weighted by molar-refractivity contribution is 7.89. The third-order valence-electron chi connectivity index (χ3n) is 3.89. The lowest BCUT2D eigenvalue weighted by Crippen LogP contribution is -2.26. The van der Waals surface area contributed by atoms with E-state index in [9.17, 15) is 13.2 Å². The molecule has 0 aliphatic carbocycles. The van der Waals surface area contributed by atoms with Crippen LogP contribution in [0, 0.1) is 0 Å². The molecule has 0 aliphatic heterocycles. The Morgan fingerprint density at radius 2 is 1.74 bits per heavy atom. The number of hydrogen-bond acceptors (Lipinski definition) is 5. The summed E-state index contributed by atoms with van der Waals surface area (Å²) in [6, 6.07) is 12.9. The van der Waals surface area contributed by atoms with Gasteiger partial charge in [-0.2, -0.15) is 5.10 Å². The zero-order chi connectivity index (χ0) is 19.4. The van der Waals surface area contributed by atoms with Crippen molar-refractivity contribution in [3.05, 3.63) is 66.7 Å². The van der Waals surface area contributed by atoms with Crippen LogP contribution in [0.4, 0.5) is 5.69 Å². The Morgan fingerprint density at radius 1 is 1.07 bits per heavy atom. The number of hydrogen-bond donors (Lipinski definition) is 2. The van der Waals surface area contributed by atoms with E-state index in [0.717, 1.165) is 11.3 Å². The van der Waals surface area contributed by atoms with Crippen molar-refractivity contribution in [2.24, 2.45) is 0 Å². The second kappa shape index (κ2) is 7.68. The predicted octanol–water partition coefficient (Wildman–Crippen LogP) is 2.27. The molecule has 9 heteroatoms. The molecule has 0 aliphatic rings. The summed E-state index contributed by atoms with van der Waals surface area (Å²) >= 11 is 0. The van der Waals surface area contributed by atoms with Gasteiger partial charge < -0.3 is 5.32 Å². The molecule has 27 heavy (non-hydrogen) atoms. The van der Waals surface area contributed by atoms with Crippen LogP contribution in [0.15, 0.2) is 66.1 Å². The van der Waals surface area contributed by atoms with Crippen LogP contribution in [-0.2, 0) is 14.8 Å². The Bertz CT molecular complexity index is 1010. The number of sulfonamides is 1. The molecule has 1 amide bonds. The Hall–Kier alpha value is -3.04. The smallest absolute Gasteiger partial charge is 0.241 e. The number of nitrogens with one attached hydrogen (secondary N) is 2. The molecule has 2 N–H and O–H groups in total. The number of carbonyl (C=O) groups is 1. The van der Waals surface area contributed by atoms with E-state index in [1.165, 1.54) is 25.4 Å². The summed E-state index contributed by atoms with van der Waals surface area (Å²) in [5, 5.41) is 6.65. The molecule has 0 spiro atoms. The molecule has 1 unspecified atom stereocenters. The summed E-state index contributed by atoms with van der Waals surface area (Å²) in [6.07, 6.45) is 3.04. The van der Waals surface area contributed by atoms with E-state index in [0.29, 0.717) is 5.69 Å². The Balaban J connectivity index is 1.72. The number of benzene rings is 2. The second-order valence-corrected chi connectivity index (χ2v) is 7.69. The van der Waals surface area contributed by atoms with Crippen molar-refractivity contribution >= 4 is 21.6 Å². The van der Waals surface area contributed by atoms with E-state index in [1.807, 2.05) is 24.3 Å². The zero-order valence-electron chi connectivity index (χ0n) is 14.8. The van der Waals surface area contributed by atoms with Crippen molar-refractivity contribution in [2.45, 2.75) is 24.8 Å². The van der Waals surface area contributed by atoms with Crippen LogP contribution in [0.1, 0.15) is 25.5 Å². The molecule has 1 heterocycles. The van der Waals surface area contributed by atoms with Gasteiger partial charge in [0.15, 0.2) is 0 Å². The second-order valence-electron chi connectivity index (χ2n) is 5.98. The van der Waals surface area contributed by atoms with E-state index < -0.39 is 16.1 Å². The van der Waals surface area contributed by atoms with Crippen molar-refractivity contribution in [3.63, 3.8) is 0 Å². The van der Waals surface area contributed by atoms with Gasteiger partial charge in [0.25, 0.3) is 0 Å². The monoisotopic (exact) mass is 385 g/mol. The van der Waals surface area contributed by atoms with Gasteiger partial charge in [-0.1, -0.05) is 12.1 Å². The molecule has 0 fully saturated rings. The van der Waals surface area contributed by atoms with Gasteiger partial charge in [0.1, 0.15) is 12.7 Å². The SMILES string of the molecule is CC(=O)Nc1ccc(S(=O)(=O)NC(C)c2ccc(-n3cncn3)cc2)cc1. The lowest BCUT2D eigenvalue weighted by atomic mass is 10.1. The summed E-state index contributed by atoms with van der Waals surface area (Å²) in [6.45, 7) is 3.16. The quantitative estimate of drug-likeness (QED) is 0.677. The fourth-order valence-electron chi connectivity index (χ4n) is 2.55. The molecular weight excluding hydrogens is 366 g/mol. The van der Waals surface area contributed by atoms with E-state index >= 15 is 0 Å². The van der Waals surface area contributed by atoms with Crippen LogP contribution in [-0.4, -0.2) is 29.1 Å². The van der Waals surface area contributed by atoms with Gasteiger partial charge in [0, 0.05) is 18.7 Å². The normalized spacial score (nSPS) is 12.5. The minimum atomic E-state index is -3.70. The molecular formula is C18H19N5O3S. The van der Waals surface area contributed by atoms with Crippen molar-refractivity contribution in [1.82, 2.24) is 19.5 Å². The number of aromatic nitrogens is 3. The zero-order valence-corrected chi connectivity index (χ0v) is 15.6. The first-order valence-electron chi connectivity index (χ1n) is 8.20. The maximum Gasteiger partial charge on any atom is 0.241 e. The highest BCUT2D eigenvalue weighted by Crippen LogP contribution is 2.20. The minimum absolute atomic E-state index is 0.127. The van der Waals surface area contributed by atoms with E-state index in [2.05, 4.69) is 20.1 Å². The van der Waals surface area contributed by atoms with Crippen molar-refractivity contribution < 1.29 is 13.2 Å². The summed E-state index contributed by atoms with van der Waals surface area (Å²) in [5.74, 6) is -0.216. The predicted molar refractivity (Wildman–Crippen MR) is 101 cm³/mol. The first kappa shape index (κ1) is 18.7. The molecule has 1 atom stereocenters. The molecule has 2 aromatic carbocycles. The van der Waals surface area contributed by atoms with Crippen molar-refractivity contribution in [1.29, 1.82) is 0 Å². The van der Waals surface area contributed by atoms with Crippen LogP contribution >= 0.6 is 0 Å². The molecule has 3 aromatic rings. The third-order valence-corrected chi connectivity index (χ3v) is 5.45. The van der Waals surface area contributed by atoms with E-state index in [4.69, 9.17) is 0 Å². The van der Waals surface area contributed by atoms with Gasteiger partial charge in [-0.15, -0.1) is 0 Å². The topological polar surface area (TPSA) is 106 Å². The van der Waals surface area contributed by atoms with Gasteiger partial charge >= 0.3 is 0 Å². The number of nitrogens with zero attached hydrogens (tertiary/aromatic N) is 3. The summed E-state index contributed by atoms with van der Waals surface area (Å²) in [7, 11) is -3.70. The molecule has 3 rings (SSSR count). The van der Waals surface area contributed by atoms with E-state index in [-0.39, 0.29) is 10.8 Å². The first-order chi connectivity index (χ1) is 12.8. The maximum absolute atomic E-state index is 12.6. The molecule has 8 nitrogen and oxygen atoms in total. The number of anilines is 1. The fourth-order valence-corrected chi connectivity index (χ4v) is 3.78. The van der Waals surface area contributed by atoms with Crippen LogP contribution in [0.3, 0.4) is 0 Å². The number of amides is 1. The lowest BCUT2D eigenvalue weighted by Gasteiger charge is -2.15. The highest BCUT2D eigenvalue weighted by Gasteiger charge is 2.18. The van der Waals surface area contributed by atoms with Crippen molar-refractivity contribution in [2.75, 3.05) is 5.32 Å². The molecule has 0 saturated heterocycles. The van der Waals surface area contributed by atoms with Gasteiger partial charge in [-0.3, -0.25) is 4.79 Å². The molecule has 1 aromatic heterocycles. The Morgan fingerprint density at radius 3 is 2.30 bits per heavy atom. The molecule has 0 saturated carbocycles. The summed E-state index contributed by atoms with van der Waals surface area (Å²) < 4.78 is 29.4. The molecule has 140 valence electrons. The average Bonchev–Trinajstić information content (AvgIpc) is 3.16. The summed E-state index contributed by atoms with van der Waals surface area (Å²) in [5.41, 5.74) is 2.19. The third kappa shape index (κ3) is 4.57. The van der Waals surface area contributed by atoms with Gasteiger partial charge in [0.05, 0.1) is 10.6 Å². The lowest BCUT2D eigenvalue weighted by molar-refractivity contribution is -0.114. The summed E-state index contributed by atoms with van der Waals surface area (Å²) in [4.78, 5) is 15.1. The molecule has 0 radical (unpaired) electrons. The van der Waals surface area contributed by atoms with Gasteiger partial charge in [-0.05, 0) is 48.9 Å². The van der Waals surface area contributed by atoms with Crippen LogP contribution in [0.5, 0.6) is 0 Å². The van der Waals surface area contributed by atoms with Crippen LogP contribution in [0.2, 0.25) is 0 Å². The van der Waals surface area contributed by atoms with Gasteiger partial charge in [0.2, 0.25) is 15.9 Å². The number of rotatable bonds is 6. The fraction of sp³-hybridized carbons (Fsp3) is 0.167. The van der Waals surface area contributed by atoms with Crippen molar-refractivity contribution in [3.8, 4) is 5.69 Å². The Kier molecular flexibility index (Phi) is 5.33.